The molecular formula is C19H25IN6O3. The predicted molar refractivity (Wildman–Crippen MR) is 121 cm³/mol. The van der Waals surface area contributed by atoms with Crippen LogP contribution in [0.25, 0.3) is 11.6 Å². The van der Waals surface area contributed by atoms with Gasteiger partial charge in [-0.1, -0.05) is 0 Å². The number of guanidine groups is 1. The zero-order chi connectivity index (χ0) is 19.8. The summed E-state index contributed by atoms with van der Waals surface area (Å²) in [6.07, 6.45) is 1.59. The first-order valence-corrected chi connectivity index (χ1v) is 8.83. The zero-order valence-corrected chi connectivity index (χ0v) is 18.9. The highest BCUT2D eigenvalue weighted by molar-refractivity contribution is 14.0. The summed E-state index contributed by atoms with van der Waals surface area (Å²) >= 11 is 0. The molecule has 0 spiro atoms. The number of halogens is 1. The number of hydrogen-bond donors (Lipinski definition) is 2. The van der Waals surface area contributed by atoms with E-state index in [0.717, 1.165) is 17.5 Å². The molecule has 0 fully saturated rings. The van der Waals surface area contributed by atoms with Crippen molar-refractivity contribution in [3.63, 3.8) is 0 Å². The average Bonchev–Trinajstić information content (AvgIpc) is 3.41. The van der Waals surface area contributed by atoms with Crippen molar-refractivity contribution in [3.05, 3.63) is 48.5 Å². The molecule has 156 valence electrons. The van der Waals surface area contributed by atoms with Crippen LogP contribution in [0.1, 0.15) is 5.82 Å². The van der Waals surface area contributed by atoms with Crippen molar-refractivity contribution < 1.29 is 13.9 Å². The fourth-order valence-electron chi connectivity index (χ4n) is 2.52. The molecule has 0 bridgehead atoms. The van der Waals surface area contributed by atoms with E-state index in [0.29, 0.717) is 37.1 Å². The molecule has 0 unspecified atom stereocenters. The van der Waals surface area contributed by atoms with Crippen molar-refractivity contribution >= 4 is 29.9 Å². The average molecular weight is 512 g/mol. The molecule has 2 aromatic heterocycles. The standard InChI is InChI=1S/C19H24N6O3.HI/c1-20-19(21-13-17-22-18(24-23-17)16-5-4-11-28-16)25(2)10-12-27-15-8-6-14(26-3)7-9-15;/h4-9,11H,10,12-13H2,1-3H3,(H,20,21)(H,22,23,24);1H. The summed E-state index contributed by atoms with van der Waals surface area (Å²) in [5.41, 5.74) is 0. The van der Waals surface area contributed by atoms with E-state index < -0.39 is 0 Å². The lowest BCUT2D eigenvalue weighted by Crippen LogP contribution is -2.40. The van der Waals surface area contributed by atoms with Gasteiger partial charge in [-0.25, -0.2) is 4.98 Å². The summed E-state index contributed by atoms with van der Waals surface area (Å²) in [5, 5.41) is 10.3. The first-order chi connectivity index (χ1) is 13.7. The Morgan fingerprint density at radius 2 is 2.00 bits per heavy atom. The highest BCUT2D eigenvalue weighted by Gasteiger charge is 2.10. The number of furan rings is 1. The van der Waals surface area contributed by atoms with Gasteiger partial charge in [0.1, 0.15) is 23.9 Å². The van der Waals surface area contributed by atoms with Crippen LogP contribution in [-0.4, -0.2) is 60.4 Å². The number of rotatable bonds is 8. The summed E-state index contributed by atoms with van der Waals surface area (Å²) in [6.45, 7) is 1.65. The van der Waals surface area contributed by atoms with E-state index in [1.54, 1.807) is 26.5 Å². The van der Waals surface area contributed by atoms with E-state index in [4.69, 9.17) is 13.9 Å². The number of benzene rings is 1. The van der Waals surface area contributed by atoms with Crippen LogP contribution in [0.15, 0.2) is 52.1 Å². The van der Waals surface area contributed by atoms with E-state index in [1.165, 1.54) is 0 Å². The van der Waals surface area contributed by atoms with E-state index in [-0.39, 0.29) is 24.0 Å². The number of ether oxygens (including phenoxy) is 2. The largest absolute Gasteiger partial charge is 0.497 e. The van der Waals surface area contributed by atoms with Gasteiger partial charge in [0.2, 0.25) is 5.82 Å². The number of hydrogen-bond acceptors (Lipinski definition) is 6. The number of aromatic nitrogens is 3. The summed E-state index contributed by atoms with van der Waals surface area (Å²) in [6, 6.07) is 11.1. The van der Waals surface area contributed by atoms with Gasteiger partial charge < -0.3 is 24.1 Å². The molecule has 0 amide bonds. The summed E-state index contributed by atoms with van der Waals surface area (Å²) < 4.78 is 16.2. The van der Waals surface area contributed by atoms with Crippen molar-refractivity contribution in [1.29, 1.82) is 0 Å². The number of nitrogens with one attached hydrogen (secondary N) is 2. The number of aromatic amines is 1. The van der Waals surface area contributed by atoms with Crippen LogP contribution in [0.2, 0.25) is 0 Å². The molecule has 1 aromatic carbocycles. The van der Waals surface area contributed by atoms with Crippen molar-refractivity contribution in [2.24, 2.45) is 4.99 Å². The SMILES string of the molecule is CN=C(NCc1nc(-c2ccco2)n[nH]1)N(C)CCOc1ccc(OC)cc1.I. The lowest BCUT2D eigenvalue weighted by molar-refractivity contribution is 0.281. The molecule has 0 atom stereocenters. The first kappa shape index (κ1) is 22.5. The molecule has 29 heavy (non-hydrogen) atoms. The number of methoxy groups -OCH3 is 1. The number of aliphatic imine (C=N–C) groups is 1. The van der Waals surface area contributed by atoms with Crippen molar-refractivity contribution in [1.82, 2.24) is 25.4 Å². The Morgan fingerprint density at radius 3 is 2.66 bits per heavy atom. The second kappa shape index (κ2) is 11.3. The Labute approximate surface area is 186 Å². The first-order valence-electron chi connectivity index (χ1n) is 8.83. The van der Waals surface area contributed by atoms with Gasteiger partial charge in [-0.3, -0.25) is 10.1 Å². The maximum Gasteiger partial charge on any atom is 0.216 e. The molecule has 3 rings (SSSR count). The van der Waals surface area contributed by atoms with Crippen LogP contribution in [0, 0.1) is 0 Å². The lowest BCUT2D eigenvalue weighted by atomic mass is 10.3. The molecule has 0 aliphatic carbocycles. The molecule has 0 aliphatic heterocycles. The topological polar surface area (TPSA) is 101 Å². The van der Waals surface area contributed by atoms with Gasteiger partial charge in [0.25, 0.3) is 0 Å². The van der Waals surface area contributed by atoms with E-state index in [2.05, 4.69) is 25.5 Å². The van der Waals surface area contributed by atoms with Crippen LogP contribution < -0.4 is 14.8 Å². The van der Waals surface area contributed by atoms with E-state index >= 15 is 0 Å². The Hall–Kier alpha value is -2.76. The smallest absolute Gasteiger partial charge is 0.216 e. The Balaban J connectivity index is 0.00000300. The molecule has 0 saturated heterocycles. The minimum absolute atomic E-state index is 0. The molecular weight excluding hydrogens is 487 g/mol. The van der Waals surface area contributed by atoms with Gasteiger partial charge >= 0.3 is 0 Å². The predicted octanol–water partition coefficient (Wildman–Crippen LogP) is 2.78. The lowest BCUT2D eigenvalue weighted by Gasteiger charge is -2.21. The highest BCUT2D eigenvalue weighted by atomic mass is 127. The maximum absolute atomic E-state index is 5.76. The van der Waals surface area contributed by atoms with Crippen LogP contribution in [0.3, 0.4) is 0 Å². The van der Waals surface area contributed by atoms with Crippen LogP contribution in [-0.2, 0) is 6.54 Å². The molecule has 9 nitrogen and oxygen atoms in total. The molecule has 0 saturated carbocycles. The van der Waals surface area contributed by atoms with Gasteiger partial charge in [-0.05, 0) is 36.4 Å². The molecule has 2 N–H and O–H groups in total. The third-order valence-corrected chi connectivity index (χ3v) is 4.02. The highest BCUT2D eigenvalue weighted by Crippen LogP contribution is 2.17. The molecule has 10 heteroatoms. The minimum atomic E-state index is 0. The summed E-state index contributed by atoms with van der Waals surface area (Å²) in [4.78, 5) is 10.7. The van der Waals surface area contributed by atoms with E-state index in [1.807, 2.05) is 42.3 Å². The zero-order valence-electron chi connectivity index (χ0n) is 16.6. The van der Waals surface area contributed by atoms with Crippen molar-refractivity contribution in [2.75, 3.05) is 34.4 Å². The number of H-pyrrole nitrogens is 1. The Kier molecular flexibility index (Phi) is 8.77. The third-order valence-electron chi connectivity index (χ3n) is 4.02. The molecule has 3 aromatic rings. The normalized spacial score (nSPS) is 10.9. The maximum atomic E-state index is 5.76. The fraction of sp³-hybridized carbons (Fsp3) is 0.316. The molecule has 2 heterocycles. The van der Waals surface area contributed by atoms with E-state index in [9.17, 15) is 0 Å². The quantitative estimate of drug-likeness (QED) is 0.272. The van der Waals surface area contributed by atoms with Gasteiger partial charge in [0.05, 0.1) is 26.5 Å². The second-order valence-corrected chi connectivity index (χ2v) is 5.93. The Morgan fingerprint density at radius 1 is 1.24 bits per heavy atom. The number of likely N-dealkylation sites (N-methyl/N-ethyl adjacent to an activating group) is 1. The number of nitrogens with zero attached hydrogens (tertiary/aromatic N) is 4. The molecule has 0 aliphatic rings. The molecule has 0 radical (unpaired) electrons. The second-order valence-electron chi connectivity index (χ2n) is 5.93. The van der Waals surface area contributed by atoms with Gasteiger partial charge in [0.15, 0.2) is 11.7 Å². The monoisotopic (exact) mass is 512 g/mol. The minimum Gasteiger partial charge on any atom is -0.497 e. The van der Waals surface area contributed by atoms with Crippen LogP contribution in [0.4, 0.5) is 0 Å². The van der Waals surface area contributed by atoms with Gasteiger partial charge in [-0.15, -0.1) is 29.1 Å². The van der Waals surface area contributed by atoms with Gasteiger partial charge in [0, 0.05) is 14.1 Å². The Bertz CT molecular complexity index is 880. The van der Waals surface area contributed by atoms with Crippen molar-refractivity contribution in [2.45, 2.75) is 6.54 Å². The summed E-state index contributed by atoms with van der Waals surface area (Å²) in [7, 11) is 5.32. The fourth-order valence-corrected chi connectivity index (χ4v) is 2.52. The van der Waals surface area contributed by atoms with Crippen molar-refractivity contribution in [3.8, 4) is 23.1 Å². The van der Waals surface area contributed by atoms with Gasteiger partial charge in [-0.2, -0.15) is 0 Å². The van der Waals surface area contributed by atoms with Crippen LogP contribution >= 0.6 is 24.0 Å². The third kappa shape index (κ3) is 6.38. The van der Waals surface area contributed by atoms with Crippen LogP contribution in [0.5, 0.6) is 11.5 Å². The summed E-state index contributed by atoms with van der Waals surface area (Å²) in [5.74, 6) is 4.17.